The predicted octanol–water partition coefficient (Wildman–Crippen LogP) is 29.0. The molecule has 0 radical (unpaired) electrons. The minimum absolute atomic E-state index is 0.0843. The van der Waals surface area contributed by atoms with Crippen LogP contribution < -0.4 is 0 Å². The van der Waals surface area contributed by atoms with Crippen molar-refractivity contribution in [2.45, 2.75) is 386 Å². The number of ether oxygens (including phenoxy) is 3. The van der Waals surface area contributed by atoms with Crippen molar-refractivity contribution < 1.29 is 75.8 Å². The van der Waals surface area contributed by atoms with E-state index >= 15 is 0 Å². The van der Waals surface area contributed by atoms with Crippen LogP contribution in [-0.2, 0) is 55.8 Å². The smallest absolute Gasteiger partial charge is 0.463 e. The lowest BCUT2D eigenvalue weighted by Gasteiger charge is -2.21. The highest BCUT2D eigenvalue weighted by Crippen LogP contribution is 2.45. The molecule has 0 rings (SSSR count). The summed E-state index contributed by atoms with van der Waals surface area (Å²) in [5.41, 5.74) is 0. The minimum atomic E-state index is -4.95. The molecule has 0 bridgehead atoms. The van der Waals surface area contributed by atoms with E-state index in [4.69, 9.17) is 32.3 Å². The zero-order chi connectivity index (χ0) is 86.5. The average Bonchev–Trinajstić information content (AvgIpc) is 0.903. The number of allylic oxidation sites excluding steroid dienone is 32. The fourth-order valence-electron chi connectivity index (χ4n) is 12.3. The summed E-state index contributed by atoms with van der Waals surface area (Å²) in [6.45, 7) is 2.36. The number of aliphatic hydroxyl groups excluding tert-OH is 2. The fraction of sp³-hybridized carbons (Fsp3) is 0.653. The van der Waals surface area contributed by atoms with Gasteiger partial charge in [0, 0.05) is 19.3 Å². The van der Waals surface area contributed by atoms with Crippen LogP contribution in [-0.4, -0.2) is 95.9 Å². The number of aliphatic hydroxyl groups is 2. The molecule has 119 heavy (non-hydrogen) atoms. The molecule has 678 valence electrons. The number of esters is 3. The van der Waals surface area contributed by atoms with Crippen LogP contribution in [0.25, 0.3) is 0 Å². The van der Waals surface area contributed by atoms with Gasteiger partial charge in [0.1, 0.15) is 25.4 Å². The summed E-state index contributed by atoms with van der Waals surface area (Å²) in [5, 5.41) is 20.8. The van der Waals surface area contributed by atoms with E-state index in [0.717, 1.165) is 199 Å². The highest BCUT2D eigenvalue weighted by molar-refractivity contribution is 7.47. The quantitative estimate of drug-likeness (QED) is 0.0146. The van der Waals surface area contributed by atoms with E-state index in [2.05, 4.69) is 215 Å². The van der Waals surface area contributed by atoms with Gasteiger partial charge in [0.2, 0.25) is 0 Å². The van der Waals surface area contributed by atoms with E-state index in [1.54, 1.807) is 0 Å². The molecule has 0 aliphatic carbocycles. The van der Waals surface area contributed by atoms with Crippen LogP contribution >= 0.6 is 15.6 Å². The van der Waals surface area contributed by atoms with E-state index < -0.39 is 91.5 Å². The van der Waals surface area contributed by atoms with E-state index in [-0.39, 0.29) is 19.3 Å². The number of hydrogen-bond donors (Lipinski definition) is 4. The first kappa shape index (κ1) is 113. The molecule has 0 saturated carbocycles. The van der Waals surface area contributed by atoms with Gasteiger partial charge in [-0.2, -0.15) is 0 Å². The molecule has 0 aliphatic heterocycles. The molecular formula is C101H168O16P2. The summed E-state index contributed by atoms with van der Waals surface area (Å²) in [6.07, 6.45) is 122. The van der Waals surface area contributed by atoms with Gasteiger partial charge in [-0.3, -0.25) is 32.5 Å². The number of unbranched alkanes of at least 4 members (excludes halogenated alkanes) is 32. The summed E-state index contributed by atoms with van der Waals surface area (Å²) in [5.74, 6) is -1.59. The van der Waals surface area contributed by atoms with Crippen LogP contribution in [0.5, 0.6) is 0 Å². The van der Waals surface area contributed by atoms with Crippen molar-refractivity contribution >= 4 is 33.6 Å². The van der Waals surface area contributed by atoms with E-state index in [1.165, 1.54) is 109 Å². The highest BCUT2D eigenvalue weighted by Gasteiger charge is 2.29. The Balaban J connectivity index is 4.64. The maximum atomic E-state index is 13.1. The van der Waals surface area contributed by atoms with Gasteiger partial charge in [-0.25, -0.2) is 9.13 Å². The van der Waals surface area contributed by atoms with Crippen LogP contribution in [0, 0.1) is 0 Å². The topological polar surface area (TPSA) is 231 Å². The Morgan fingerprint density at radius 1 is 0.235 bits per heavy atom. The minimum Gasteiger partial charge on any atom is -0.463 e. The lowest BCUT2D eigenvalue weighted by atomic mass is 10.0. The standard InChI is InChI=1S/C101H168O16P2/c1-4-7-10-13-16-19-22-25-28-31-34-37-40-42-44-46-47-49-51-52-55-57-60-63-66-69-72-75-78-81-84-87-99(104)111-90-96(102)91-113-118(107,108)114-92-97(103)93-115-119(109,110)116-95-98(117-101(106)89-86-83-80-77-74-71-68-65-62-59-54-39-36-33-30-27-24-21-18-15-12-9-6-3)94-112-100(105)88-85-82-79-76-73-70-67-64-61-58-56-53-50-48-45-43-41-38-35-32-29-26-23-20-17-14-11-8-5-2/h7-12,16-21,25-30,34-39,42-45,50,53,59,62,96-98,102-103H,4-6,13-15,22-24,31-33,40-41,46-49,51-52,54-58,60-61,63-95H2,1-3H3,(H,107,108)(H,109,110)/b10-7-,11-8-,12-9-,19-16-,20-17-,21-18-,28-25-,29-26-,30-27-,37-34-,38-35-,39-36-,44-42-,45-43-,53-50-,62-59-. The molecule has 0 amide bonds. The molecule has 16 nitrogen and oxygen atoms in total. The Morgan fingerprint density at radius 2 is 0.420 bits per heavy atom. The molecule has 5 atom stereocenters. The van der Waals surface area contributed by atoms with Crippen molar-refractivity contribution in [1.29, 1.82) is 0 Å². The van der Waals surface area contributed by atoms with Crippen LogP contribution in [0.3, 0.4) is 0 Å². The monoisotopic (exact) mass is 1700 g/mol. The Kier molecular flexibility index (Phi) is 87.3. The second kappa shape index (κ2) is 91.6. The number of carbonyl (C=O) groups is 3. The maximum Gasteiger partial charge on any atom is 0.472 e. The van der Waals surface area contributed by atoms with Gasteiger partial charge in [0.25, 0.3) is 0 Å². The predicted molar refractivity (Wildman–Crippen MR) is 500 cm³/mol. The Labute approximate surface area is 725 Å². The molecule has 0 spiro atoms. The molecule has 18 heteroatoms. The van der Waals surface area contributed by atoms with Crippen molar-refractivity contribution in [1.82, 2.24) is 0 Å². The first-order chi connectivity index (χ1) is 58.2. The van der Waals surface area contributed by atoms with Crippen LogP contribution in [0.1, 0.15) is 367 Å². The van der Waals surface area contributed by atoms with Gasteiger partial charge < -0.3 is 34.2 Å². The zero-order valence-electron chi connectivity index (χ0n) is 74.7. The average molecular weight is 1700 g/mol. The summed E-state index contributed by atoms with van der Waals surface area (Å²) < 4.78 is 61.5. The molecule has 5 unspecified atom stereocenters. The molecule has 0 aromatic carbocycles. The van der Waals surface area contributed by atoms with Crippen LogP contribution in [0.4, 0.5) is 0 Å². The normalized spacial score (nSPS) is 14.6. The fourth-order valence-corrected chi connectivity index (χ4v) is 13.9. The maximum absolute atomic E-state index is 13.1. The SMILES string of the molecule is CC/C=C\C/C=C\C/C=C\C/C=C\C/C=C\C/C=C\CCCCCCCCCCCCC(=O)OCC(COP(=O)(O)OCC(O)COP(=O)(O)OCC(O)COC(=O)CCCCCCCCCCCCCCCCC/C=C\C/C=C\C/C=C\C/C=C\C/C=C\CC)OC(=O)CCCCCCCCC/C=C\C/C=C\C/C=C\C/C=C\C/C=C\CC. The summed E-state index contributed by atoms with van der Waals surface area (Å²) >= 11 is 0. The lowest BCUT2D eigenvalue weighted by molar-refractivity contribution is -0.161. The van der Waals surface area contributed by atoms with Crippen molar-refractivity contribution in [3.8, 4) is 0 Å². The molecule has 0 fully saturated rings. The molecular weight excluding hydrogens is 1530 g/mol. The lowest BCUT2D eigenvalue weighted by Crippen LogP contribution is -2.30. The number of rotatable bonds is 87. The number of carbonyl (C=O) groups excluding carboxylic acids is 3. The third-order valence-corrected chi connectivity index (χ3v) is 21.2. The molecule has 0 aliphatic rings. The van der Waals surface area contributed by atoms with Crippen molar-refractivity contribution in [3.63, 3.8) is 0 Å². The van der Waals surface area contributed by atoms with Gasteiger partial charge in [-0.05, 0) is 161 Å². The third kappa shape index (κ3) is 92.9. The van der Waals surface area contributed by atoms with E-state index in [1.807, 2.05) is 0 Å². The van der Waals surface area contributed by atoms with Crippen molar-refractivity contribution in [3.05, 3.63) is 194 Å². The van der Waals surface area contributed by atoms with E-state index in [9.17, 15) is 43.5 Å². The zero-order valence-corrected chi connectivity index (χ0v) is 76.5. The molecule has 0 aromatic heterocycles. The van der Waals surface area contributed by atoms with Gasteiger partial charge in [-0.1, -0.05) is 382 Å². The largest absolute Gasteiger partial charge is 0.472 e. The van der Waals surface area contributed by atoms with Gasteiger partial charge in [-0.15, -0.1) is 0 Å². The summed E-state index contributed by atoms with van der Waals surface area (Å²) in [7, 11) is -9.82. The molecule has 0 heterocycles. The van der Waals surface area contributed by atoms with Crippen LogP contribution in [0.15, 0.2) is 194 Å². The van der Waals surface area contributed by atoms with Gasteiger partial charge >= 0.3 is 33.6 Å². The highest BCUT2D eigenvalue weighted by atomic mass is 31.2. The van der Waals surface area contributed by atoms with Crippen molar-refractivity contribution in [2.75, 3.05) is 39.6 Å². The first-order valence-corrected chi connectivity index (χ1v) is 49.7. The third-order valence-electron chi connectivity index (χ3n) is 19.3. The second-order valence-electron chi connectivity index (χ2n) is 30.7. The Bertz CT molecular complexity index is 2940. The number of phosphoric ester groups is 2. The molecule has 0 aromatic rings. The van der Waals surface area contributed by atoms with Gasteiger partial charge in [0.05, 0.1) is 26.4 Å². The first-order valence-electron chi connectivity index (χ1n) is 46.7. The summed E-state index contributed by atoms with van der Waals surface area (Å²) in [4.78, 5) is 59.1. The van der Waals surface area contributed by atoms with E-state index in [0.29, 0.717) is 19.3 Å². The van der Waals surface area contributed by atoms with Crippen LogP contribution in [0.2, 0.25) is 0 Å². The van der Waals surface area contributed by atoms with Gasteiger partial charge in [0.15, 0.2) is 6.10 Å². The Morgan fingerprint density at radius 3 is 0.664 bits per heavy atom. The molecule has 4 N–H and O–H groups in total. The number of hydrogen-bond acceptors (Lipinski definition) is 14. The summed E-state index contributed by atoms with van der Waals surface area (Å²) in [6, 6.07) is 0. The van der Waals surface area contributed by atoms with Crippen molar-refractivity contribution in [2.24, 2.45) is 0 Å². The second-order valence-corrected chi connectivity index (χ2v) is 33.6. The Hall–Kier alpha value is -5.61. The number of phosphoric acid groups is 2. The molecule has 0 saturated heterocycles.